The number of halogens is 4. The SMILES string of the molecule is CC(C)(CN)NC(=O)c1ccn(-c2cccc(C(F)(F)F)c2)n1.Cl. The first kappa shape index (κ1) is 20.0. The highest BCUT2D eigenvalue weighted by Crippen LogP contribution is 2.30. The van der Waals surface area contributed by atoms with Crippen molar-refractivity contribution in [1.29, 1.82) is 0 Å². The van der Waals surface area contributed by atoms with Gasteiger partial charge in [0.25, 0.3) is 5.91 Å². The summed E-state index contributed by atoms with van der Waals surface area (Å²) in [5, 5.41) is 6.72. The predicted octanol–water partition coefficient (Wildman–Crippen LogP) is 2.78. The molecule has 1 aromatic heterocycles. The molecule has 3 N–H and O–H groups in total. The second-order valence-electron chi connectivity index (χ2n) is 5.74. The predicted molar refractivity (Wildman–Crippen MR) is 86.4 cm³/mol. The lowest BCUT2D eigenvalue weighted by atomic mass is 10.1. The zero-order valence-electron chi connectivity index (χ0n) is 13.1. The van der Waals surface area contributed by atoms with Crippen LogP contribution in [0.15, 0.2) is 36.5 Å². The maximum atomic E-state index is 12.7. The zero-order chi connectivity index (χ0) is 17.3. The fraction of sp³-hybridized carbons (Fsp3) is 0.333. The van der Waals surface area contributed by atoms with Crippen molar-refractivity contribution in [2.45, 2.75) is 25.6 Å². The molecule has 0 saturated heterocycles. The van der Waals surface area contributed by atoms with Gasteiger partial charge < -0.3 is 11.1 Å². The molecule has 1 aromatic carbocycles. The fourth-order valence-electron chi connectivity index (χ4n) is 1.84. The monoisotopic (exact) mass is 362 g/mol. The van der Waals surface area contributed by atoms with Gasteiger partial charge in [-0.3, -0.25) is 4.79 Å². The van der Waals surface area contributed by atoms with E-state index in [1.807, 2.05) is 0 Å². The lowest BCUT2D eigenvalue weighted by molar-refractivity contribution is -0.137. The molecule has 0 bridgehead atoms. The normalized spacial score (nSPS) is 11.8. The first-order valence-corrected chi connectivity index (χ1v) is 6.88. The van der Waals surface area contributed by atoms with E-state index in [0.717, 1.165) is 12.1 Å². The summed E-state index contributed by atoms with van der Waals surface area (Å²) in [6.07, 6.45) is -3.01. The molecule has 9 heteroatoms. The molecular formula is C15H18ClF3N4O. The molecule has 0 spiro atoms. The third-order valence-corrected chi connectivity index (χ3v) is 3.22. The second-order valence-corrected chi connectivity index (χ2v) is 5.74. The van der Waals surface area contributed by atoms with E-state index in [4.69, 9.17) is 5.73 Å². The molecule has 0 aliphatic heterocycles. The molecule has 2 rings (SSSR count). The highest BCUT2D eigenvalue weighted by Gasteiger charge is 2.30. The summed E-state index contributed by atoms with van der Waals surface area (Å²) in [6.45, 7) is 3.76. The maximum Gasteiger partial charge on any atom is 0.416 e. The largest absolute Gasteiger partial charge is 0.416 e. The topological polar surface area (TPSA) is 72.9 Å². The summed E-state index contributed by atoms with van der Waals surface area (Å²) in [6, 6.07) is 6.15. The third kappa shape index (κ3) is 4.72. The van der Waals surface area contributed by atoms with Gasteiger partial charge in [-0.2, -0.15) is 18.3 Å². The van der Waals surface area contributed by atoms with E-state index in [0.29, 0.717) is 0 Å². The molecule has 0 unspecified atom stereocenters. The van der Waals surface area contributed by atoms with Crippen molar-refractivity contribution in [2.75, 3.05) is 6.54 Å². The first-order chi connectivity index (χ1) is 10.6. The van der Waals surface area contributed by atoms with E-state index < -0.39 is 23.2 Å². The van der Waals surface area contributed by atoms with Crippen LogP contribution in [0.4, 0.5) is 13.2 Å². The van der Waals surface area contributed by atoms with Crippen LogP contribution in [-0.2, 0) is 6.18 Å². The Hall–Kier alpha value is -2.06. The van der Waals surface area contributed by atoms with Crippen molar-refractivity contribution in [2.24, 2.45) is 5.73 Å². The molecule has 1 heterocycles. The Morgan fingerprint density at radius 3 is 2.54 bits per heavy atom. The van der Waals surface area contributed by atoms with Gasteiger partial charge in [0, 0.05) is 18.3 Å². The number of aromatic nitrogens is 2. The standard InChI is InChI=1S/C15H17F3N4O.ClH/c1-14(2,9-19)20-13(23)12-6-7-22(21-12)11-5-3-4-10(8-11)15(16,17)18;/h3-8H,9,19H2,1-2H3,(H,20,23);1H. The molecule has 0 fully saturated rings. The second kappa shape index (κ2) is 7.23. The number of alkyl halides is 3. The van der Waals surface area contributed by atoms with Crippen LogP contribution in [0.25, 0.3) is 5.69 Å². The summed E-state index contributed by atoms with van der Waals surface area (Å²) in [5.74, 6) is -0.439. The maximum absolute atomic E-state index is 12.7. The van der Waals surface area contributed by atoms with Crippen LogP contribution in [0.1, 0.15) is 29.9 Å². The van der Waals surface area contributed by atoms with E-state index in [-0.39, 0.29) is 30.3 Å². The number of carbonyl (C=O) groups is 1. The number of hydrogen-bond acceptors (Lipinski definition) is 3. The summed E-state index contributed by atoms with van der Waals surface area (Å²) in [7, 11) is 0. The molecule has 0 saturated carbocycles. The quantitative estimate of drug-likeness (QED) is 0.878. The van der Waals surface area contributed by atoms with Crippen LogP contribution in [0.5, 0.6) is 0 Å². The van der Waals surface area contributed by atoms with Gasteiger partial charge in [-0.15, -0.1) is 12.4 Å². The smallest absolute Gasteiger partial charge is 0.344 e. The van der Waals surface area contributed by atoms with Gasteiger partial charge >= 0.3 is 6.18 Å². The van der Waals surface area contributed by atoms with E-state index >= 15 is 0 Å². The average Bonchev–Trinajstić information content (AvgIpc) is 2.96. The van der Waals surface area contributed by atoms with E-state index in [1.54, 1.807) is 13.8 Å². The van der Waals surface area contributed by atoms with Gasteiger partial charge in [-0.05, 0) is 38.1 Å². The Balaban J connectivity index is 0.00000288. The molecule has 5 nitrogen and oxygen atoms in total. The average molecular weight is 363 g/mol. The lowest BCUT2D eigenvalue weighted by Gasteiger charge is -2.23. The highest BCUT2D eigenvalue weighted by molar-refractivity contribution is 5.92. The van der Waals surface area contributed by atoms with Crippen molar-refractivity contribution in [3.63, 3.8) is 0 Å². The van der Waals surface area contributed by atoms with Gasteiger partial charge in [0.1, 0.15) is 0 Å². The molecule has 0 aliphatic carbocycles. The van der Waals surface area contributed by atoms with Gasteiger partial charge in [-0.25, -0.2) is 4.68 Å². The molecule has 132 valence electrons. The molecule has 2 aromatic rings. The number of nitrogens with zero attached hydrogens (tertiary/aromatic N) is 2. The van der Waals surface area contributed by atoms with Gasteiger partial charge in [0.05, 0.1) is 11.3 Å². The van der Waals surface area contributed by atoms with Crippen molar-refractivity contribution in [3.05, 3.63) is 47.8 Å². The van der Waals surface area contributed by atoms with Gasteiger partial charge in [0.2, 0.25) is 0 Å². The minimum Gasteiger partial charge on any atom is -0.344 e. The summed E-state index contributed by atoms with van der Waals surface area (Å²) in [5.41, 5.74) is 4.48. The van der Waals surface area contributed by atoms with E-state index in [2.05, 4.69) is 10.4 Å². The van der Waals surface area contributed by atoms with Crippen LogP contribution in [-0.4, -0.2) is 27.8 Å². The molecule has 0 atom stereocenters. The van der Waals surface area contributed by atoms with Crippen molar-refractivity contribution in [1.82, 2.24) is 15.1 Å². The summed E-state index contributed by atoms with van der Waals surface area (Å²) in [4.78, 5) is 12.1. The molecular weight excluding hydrogens is 345 g/mol. The molecule has 24 heavy (non-hydrogen) atoms. The van der Waals surface area contributed by atoms with Crippen LogP contribution >= 0.6 is 12.4 Å². The van der Waals surface area contributed by atoms with Crippen molar-refractivity contribution >= 4 is 18.3 Å². The number of benzene rings is 1. The Morgan fingerprint density at radius 1 is 1.29 bits per heavy atom. The van der Waals surface area contributed by atoms with Gasteiger partial charge in [0.15, 0.2) is 5.69 Å². The van der Waals surface area contributed by atoms with Crippen LogP contribution < -0.4 is 11.1 Å². The van der Waals surface area contributed by atoms with Crippen LogP contribution in [0.2, 0.25) is 0 Å². The Kier molecular flexibility index (Phi) is 6.02. The first-order valence-electron chi connectivity index (χ1n) is 6.88. The van der Waals surface area contributed by atoms with Crippen LogP contribution in [0.3, 0.4) is 0 Å². The minimum absolute atomic E-state index is 0. The number of nitrogens with one attached hydrogen (secondary N) is 1. The summed E-state index contributed by atoms with van der Waals surface area (Å²) >= 11 is 0. The Labute approximate surface area is 143 Å². The van der Waals surface area contributed by atoms with E-state index in [9.17, 15) is 18.0 Å². The number of amides is 1. The van der Waals surface area contributed by atoms with Gasteiger partial charge in [-0.1, -0.05) is 6.07 Å². The number of carbonyl (C=O) groups excluding carboxylic acids is 1. The fourth-order valence-corrected chi connectivity index (χ4v) is 1.84. The van der Waals surface area contributed by atoms with E-state index in [1.165, 1.54) is 29.1 Å². The highest BCUT2D eigenvalue weighted by atomic mass is 35.5. The minimum atomic E-state index is -4.44. The lowest BCUT2D eigenvalue weighted by Crippen LogP contribution is -2.48. The molecule has 0 radical (unpaired) electrons. The number of nitrogens with two attached hydrogens (primary N) is 1. The Morgan fingerprint density at radius 2 is 1.96 bits per heavy atom. The Bertz CT molecular complexity index is 713. The number of hydrogen-bond donors (Lipinski definition) is 2. The van der Waals surface area contributed by atoms with Crippen molar-refractivity contribution < 1.29 is 18.0 Å². The molecule has 1 amide bonds. The summed E-state index contributed by atoms with van der Waals surface area (Å²) < 4.78 is 39.4. The number of rotatable bonds is 4. The molecule has 0 aliphatic rings. The third-order valence-electron chi connectivity index (χ3n) is 3.22. The van der Waals surface area contributed by atoms with Crippen molar-refractivity contribution in [3.8, 4) is 5.69 Å². The zero-order valence-corrected chi connectivity index (χ0v) is 13.9. The van der Waals surface area contributed by atoms with Crippen LogP contribution in [0, 0.1) is 0 Å².